The fraction of sp³-hybridized carbons (Fsp3) is 0.273. The van der Waals surface area contributed by atoms with Crippen molar-refractivity contribution in [1.82, 2.24) is 0 Å². The van der Waals surface area contributed by atoms with E-state index in [4.69, 9.17) is 4.74 Å². The molecule has 0 aliphatic heterocycles. The second kappa shape index (κ2) is 5.16. The molecule has 0 aromatic heterocycles. The molecule has 0 saturated heterocycles. The van der Waals surface area contributed by atoms with Gasteiger partial charge in [-0.1, -0.05) is 6.08 Å². The minimum Gasteiger partial charge on any atom is -0.497 e. The summed E-state index contributed by atoms with van der Waals surface area (Å²) in [5.41, 5.74) is 0.450. The minimum absolute atomic E-state index is 0.0227. The van der Waals surface area contributed by atoms with E-state index in [1.807, 2.05) is 6.92 Å². The quantitative estimate of drug-likeness (QED) is 0.472. The summed E-state index contributed by atoms with van der Waals surface area (Å²) in [6, 6.07) is 4.52. The lowest BCUT2D eigenvalue weighted by Gasteiger charge is -2.12. The van der Waals surface area contributed by atoms with E-state index >= 15 is 0 Å². The molecule has 1 unspecified atom stereocenters. The molecule has 0 bridgehead atoms. The van der Waals surface area contributed by atoms with E-state index in [1.54, 1.807) is 18.2 Å². The molecule has 1 aromatic rings. The maximum Gasteiger partial charge on any atom is 0.292 e. The van der Waals surface area contributed by atoms with Gasteiger partial charge >= 0.3 is 0 Å². The zero-order valence-corrected chi connectivity index (χ0v) is 9.27. The van der Waals surface area contributed by atoms with E-state index in [2.05, 4.69) is 11.9 Å². The standard InChI is InChI=1S/C11H14N2O3/c1-4-8(2)12-10-7-9(16-3)5-6-11(10)13(14)15/h4-8,12H,1H2,2-3H3. The number of rotatable bonds is 5. The number of hydrogen-bond donors (Lipinski definition) is 1. The molecule has 5 nitrogen and oxygen atoms in total. The van der Waals surface area contributed by atoms with Crippen molar-refractivity contribution in [2.75, 3.05) is 12.4 Å². The van der Waals surface area contributed by atoms with E-state index < -0.39 is 4.92 Å². The number of nitro groups is 1. The van der Waals surface area contributed by atoms with Gasteiger partial charge in [-0.3, -0.25) is 10.1 Å². The van der Waals surface area contributed by atoms with Gasteiger partial charge in [-0.15, -0.1) is 6.58 Å². The van der Waals surface area contributed by atoms with Gasteiger partial charge in [0.25, 0.3) is 5.69 Å². The number of benzene rings is 1. The number of hydrogen-bond acceptors (Lipinski definition) is 4. The second-order valence-electron chi connectivity index (χ2n) is 3.31. The Morgan fingerprint density at radius 1 is 1.62 bits per heavy atom. The van der Waals surface area contributed by atoms with Crippen molar-refractivity contribution in [3.05, 3.63) is 41.0 Å². The average molecular weight is 222 g/mol. The Kier molecular flexibility index (Phi) is 3.88. The Labute approximate surface area is 93.9 Å². The maximum atomic E-state index is 10.8. The lowest BCUT2D eigenvalue weighted by molar-refractivity contribution is -0.384. The van der Waals surface area contributed by atoms with E-state index in [9.17, 15) is 10.1 Å². The summed E-state index contributed by atoms with van der Waals surface area (Å²) in [4.78, 5) is 10.4. The molecule has 16 heavy (non-hydrogen) atoms. The third-order valence-corrected chi connectivity index (χ3v) is 2.14. The van der Waals surface area contributed by atoms with Crippen LogP contribution in [0.5, 0.6) is 5.75 Å². The normalized spacial score (nSPS) is 11.6. The zero-order chi connectivity index (χ0) is 12.1. The summed E-state index contributed by atoms with van der Waals surface area (Å²) in [5, 5.41) is 13.8. The highest BCUT2D eigenvalue weighted by Gasteiger charge is 2.15. The summed E-state index contributed by atoms with van der Waals surface area (Å²) in [5.74, 6) is 0.573. The average Bonchev–Trinajstić information content (AvgIpc) is 2.28. The molecule has 0 heterocycles. The summed E-state index contributed by atoms with van der Waals surface area (Å²) < 4.78 is 5.02. The van der Waals surface area contributed by atoms with Gasteiger partial charge < -0.3 is 10.1 Å². The minimum atomic E-state index is -0.433. The van der Waals surface area contributed by atoms with Crippen molar-refractivity contribution in [2.45, 2.75) is 13.0 Å². The van der Waals surface area contributed by atoms with Crippen LogP contribution in [0.2, 0.25) is 0 Å². The first-order valence-corrected chi connectivity index (χ1v) is 4.80. The van der Waals surface area contributed by atoms with E-state index in [-0.39, 0.29) is 11.7 Å². The third kappa shape index (κ3) is 2.73. The maximum absolute atomic E-state index is 10.8. The van der Waals surface area contributed by atoms with Gasteiger partial charge in [0.15, 0.2) is 0 Å². The summed E-state index contributed by atoms with van der Waals surface area (Å²) in [7, 11) is 1.52. The number of methoxy groups -OCH3 is 1. The Balaban J connectivity index is 3.09. The molecule has 5 heteroatoms. The Morgan fingerprint density at radius 3 is 2.81 bits per heavy atom. The van der Waals surface area contributed by atoms with Crippen LogP contribution >= 0.6 is 0 Å². The molecular formula is C11H14N2O3. The lowest BCUT2D eigenvalue weighted by atomic mass is 10.2. The molecule has 0 spiro atoms. The molecule has 1 atom stereocenters. The van der Waals surface area contributed by atoms with Crippen LogP contribution in [0.1, 0.15) is 6.92 Å². The molecule has 1 N–H and O–H groups in total. The second-order valence-corrected chi connectivity index (χ2v) is 3.31. The van der Waals surface area contributed by atoms with Crippen LogP contribution in [0.15, 0.2) is 30.9 Å². The van der Waals surface area contributed by atoms with Gasteiger partial charge in [0, 0.05) is 18.2 Å². The molecule has 0 radical (unpaired) electrons. The Hall–Kier alpha value is -2.04. The first-order chi connectivity index (χ1) is 7.58. The fourth-order valence-corrected chi connectivity index (χ4v) is 1.22. The summed E-state index contributed by atoms with van der Waals surface area (Å²) in [6.45, 7) is 5.47. The van der Waals surface area contributed by atoms with Crippen LogP contribution < -0.4 is 10.1 Å². The van der Waals surface area contributed by atoms with Gasteiger partial charge in [0.1, 0.15) is 11.4 Å². The number of nitrogens with zero attached hydrogens (tertiary/aromatic N) is 1. The van der Waals surface area contributed by atoms with E-state index in [0.717, 1.165) is 0 Å². The molecule has 86 valence electrons. The molecule has 0 amide bonds. The Bertz CT molecular complexity index is 404. The van der Waals surface area contributed by atoms with Crippen molar-refractivity contribution >= 4 is 11.4 Å². The van der Waals surface area contributed by atoms with Crippen molar-refractivity contribution in [3.63, 3.8) is 0 Å². The SMILES string of the molecule is C=CC(C)Nc1cc(OC)ccc1[N+](=O)[O-]. The lowest BCUT2D eigenvalue weighted by Crippen LogP contribution is -2.12. The molecule has 0 aliphatic carbocycles. The van der Waals surface area contributed by atoms with Gasteiger partial charge in [0.2, 0.25) is 0 Å². The monoisotopic (exact) mass is 222 g/mol. The van der Waals surface area contributed by atoms with Crippen LogP contribution in [-0.2, 0) is 0 Å². The number of nitro benzene ring substituents is 1. The summed E-state index contributed by atoms with van der Waals surface area (Å²) in [6.07, 6.45) is 1.67. The predicted molar refractivity (Wildman–Crippen MR) is 62.9 cm³/mol. The molecule has 0 saturated carbocycles. The molecule has 0 fully saturated rings. The number of anilines is 1. The van der Waals surface area contributed by atoms with Gasteiger partial charge in [-0.2, -0.15) is 0 Å². The fourth-order valence-electron chi connectivity index (χ4n) is 1.22. The molecule has 1 rings (SSSR count). The van der Waals surface area contributed by atoms with E-state index in [1.165, 1.54) is 13.2 Å². The van der Waals surface area contributed by atoms with Crippen LogP contribution in [0.3, 0.4) is 0 Å². The van der Waals surface area contributed by atoms with Crippen LogP contribution in [0.4, 0.5) is 11.4 Å². The van der Waals surface area contributed by atoms with Crippen LogP contribution in [0.25, 0.3) is 0 Å². The van der Waals surface area contributed by atoms with Gasteiger partial charge in [-0.05, 0) is 13.0 Å². The highest BCUT2D eigenvalue weighted by atomic mass is 16.6. The third-order valence-electron chi connectivity index (χ3n) is 2.14. The van der Waals surface area contributed by atoms with Crippen LogP contribution in [0, 0.1) is 10.1 Å². The summed E-state index contributed by atoms with van der Waals surface area (Å²) >= 11 is 0. The topological polar surface area (TPSA) is 64.4 Å². The van der Waals surface area contributed by atoms with Crippen molar-refractivity contribution < 1.29 is 9.66 Å². The largest absolute Gasteiger partial charge is 0.497 e. The van der Waals surface area contributed by atoms with Crippen LogP contribution in [-0.4, -0.2) is 18.1 Å². The van der Waals surface area contributed by atoms with Crippen molar-refractivity contribution in [3.8, 4) is 5.75 Å². The number of nitrogens with one attached hydrogen (secondary N) is 1. The van der Waals surface area contributed by atoms with Gasteiger partial charge in [0.05, 0.1) is 12.0 Å². The highest BCUT2D eigenvalue weighted by molar-refractivity contribution is 5.64. The molecule has 0 aliphatic rings. The highest BCUT2D eigenvalue weighted by Crippen LogP contribution is 2.29. The van der Waals surface area contributed by atoms with Crippen molar-refractivity contribution in [2.24, 2.45) is 0 Å². The zero-order valence-electron chi connectivity index (χ0n) is 9.27. The first-order valence-electron chi connectivity index (χ1n) is 4.80. The predicted octanol–water partition coefficient (Wildman–Crippen LogP) is 2.59. The van der Waals surface area contributed by atoms with Gasteiger partial charge in [-0.25, -0.2) is 0 Å². The van der Waals surface area contributed by atoms with E-state index in [0.29, 0.717) is 11.4 Å². The number of ether oxygens (including phenoxy) is 1. The van der Waals surface area contributed by atoms with Crippen molar-refractivity contribution in [1.29, 1.82) is 0 Å². The Morgan fingerprint density at radius 2 is 2.31 bits per heavy atom. The smallest absolute Gasteiger partial charge is 0.292 e. The first kappa shape index (κ1) is 12.0. The molecular weight excluding hydrogens is 208 g/mol. The molecule has 1 aromatic carbocycles.